The highest BCUT2D eigenvalue weighted by molar-refractivity contribution is 7.71. The Hall–Kier alpha value is -2.75. The second kappa shape index (κ2) is 9.81. The Morgan fingerprint density at radius 3 is 2.81 bits per heavy atom. The molecule has 0 atom stereocenters. The normalized spacial score (nSPS) is 11.1. The van der Waals surface area contributed by atoms with Crippen molar-refractivity contribution in [3.05, 3.63) is 38.4 Å². The fourth-order valence-corrected chi connectivity index (χ4v) is 2.58. The Bertz CT molecular complexity index is 875. The quantitative estimate of drug-likeness (QED) is 0.284. The van der Waals surface area contributed by atoms with Crippen LogP contribution < -0.4 is 9.47 Å². The van der Waals surface area contributed by atoms with E-state index in [2.05, 4.69) is 22.2 Å². The zero-order chi connectivity index (χ0) is 19.8. The van der Waals surface area contributed by atoms with Gasteiger partial charge in [0, 0.05) is 18.1 Å². The van der Waals surface area contributed by atoms with Crippen LogP contribution >= 0.6 is 12.2 Å². The van der Waals surface area contributed by atoms with Gasteiger partial charge in [-0.3, -0.25) is 15.2 Å². The van der Waals surface area contributed by atoms with E-state index in [0.29, 0.717) is 22.8 Å². The van der Waals surface area contributed by atoms with Crippen LogP contribution in [0.3, 0.4) is 0 Å². The maximum atomic E-state index is 11.5. The molecule has 0 fully saturated rings. The molecule has 1 N–H and O–H groups in total. The standard InChI is InChI=1S/C17H23N5O4S/c1-4-6-7-15-19-20-17(27)21(15)18-11-12-9-13(22(23)24)16(26-8-5-2)14(10-12)25-3/h9-11H,4-8H2,1-3H3,(H,20,27)/b18-11-. The maximum absolute atomic E-state index is 11.5. The maximum Gasteiger partial charge on any atom is 0.315 e. The molecule has 0 spiro atoms. The van der Waals surface area contributed by atoms with Crippen LogP contribution in [0.15, 0.2) is 17.2 Å². The van der Waals surface area contributed by atoms with Gasteiger partial charge in [-0.15, -0.1) is 0 Å². The summed E-state index contributed by atoms with van der Waals surface area (Å²) in [6.45, 7) is 4.36. The van der Waals surface area contributed by atoms with E-state index in [9.17, 15) is 10.1 Å². The zero-order valence-electron chi connectivity index (χ0n) is 15.6. The molecule has 0 aliphatic heterocycles. The van der Waals surface area contributed by atoms with E-state index in [1.165, 1.54) is 24.1 Å². The minimum Gasteiger partial charge on any atom is -0.493 e. The van der Waals surface area contributed by atoms with E-state index in [1.807, 2.05) is 6.92 Å². The highest BCUT2D eigenvalue weighted by Gasteiger charge is 2.22. The van der Waals surface area contributed by atoms with Crippen LogP contribution in [0.2, 0.25) is 0 Å². The first kappa shape index (κ1) is 20.6. The number of aromatic amines is 1. The summed E-state index contributed by atoms with van der Waals surface area (Å²) < 4.78 is 12.7. The van der Waals surface area contributed by atoms with E-state index in [1.54, 1.807) is 6.07 Å². The minimum absolute atomic E-state index is 0.116. The topological polar surface area (TPSA) is 108 Å². The van der Waals surface area contributed by atoms with Crippen molar-refractivity contribution in [3.63, 3.8) is 0 Å². The SMILES string of the molecule is CCCCc1n[nH]c(=S)n1/N=C\c1cc(OC)c(OCCC)c([N+](=O)[O-])c1. The molecule has 2 rings (SSSR count). The average molecular weight is 393 g/mol. The number of nitrogens with zero attached hydrogens (tertiary/aromatic N) is 4. The third-order valence-corrected chi connectivity index (χ3v) is 3.98. The first-order valence-corrected chi connectivity index (χ1v) is 9.12. The second-order valence-electron chi connectivity index (χ2n) is 5.78. The number of rotatable bonds is 10. The number of aromatic nitrogens is 3. The highest BCUT2D eigenvalue weighted by atomic mass is 32.1. The molecule has 1 aromatic heterocycles. The minimum atomic E-state index is -0.499. The molecule has 0 saturated heterocycles. The van der Waals surface area contributed by atoms with E-state index in [0.717, 1.165) is 25.7 Å². The summed E-state index contributed by atoms with van der Waals surface area (Å²) in [7, 11) is 1.44. The third kappa shape index (κ3) is 5.13. The molecule has 9 nitrogen and oxygen atoms in total. The number of hydrogen-bond donors (Lipinski definition) is 1. The van der Waals surface area contributed by atoms with Crippen LogP contribution in [-0.2, 0) is 6.42 Å². The molecule has 0 unspecified atom stereocenters. The van der Waals surface area contributed by atoms with Gasteiger partial charge in [-0.2, -0.15) is 14.9 Å². The molecular weight excluding hydrogens is 370 g/mol. The van der Waals surface area contributed by atoms with Gasteiger partial charge in [0.25, 0.3) is 0 Å². The van der Waals surface area contributed by atoms with Crippen molar-refractivity contribution in [2.75, 3.05) is 13.7 Å². The summed E-state index contributed by atoms with van der Waals surface area (Å²) >= 11 is 5.20. The van der Waals surface area contributed by atoms with E-state index < -0.39 is 4.92 Å². The zero-order valence-corrected chi connectivity index (χ0v) is 16.4. The number of methoxy groups -OCH3 is 1. The van der Waals surface area contributed by atoms with Crippen LogP contribution in [0, 0.1) is 14.9 Å². The van der Waals surface area contributed by atoms with Gasteiger partial charge in [0.2, 0.25) is 10.5 Å². The molecule has 1 heterocycles. The van der Waals surface area contributed by atoms with Gasteiger partial charge in [0.1, 0.15) is 0 Å². The number of benzene rings is 1. The average Bonchev–Trinajstić information content (AvgIpc) is 3.02. The molecule has 0 saturated carbocycles. The summed E-state index contributed by atoms with van der Waals surface area (Å²) in [5, 5.41) is 22.7. The molecular formula is C17H23N5O4S. The first-order valence-electron chi connectivity index (χ1n) is 8.71. The van der Waals surface area contributed by atoms with Crippen molar-refractivity contribution in [3.8, 4) is 11.5 Å². The monoisotopic (exact) mass is 393 g/mol. The van der Waals surface area contributed by atoms with Gasteiger partial charge in [-0.1, -0.05) is 20.3 Å². The Kier molecular flexibility index (Phi) is 7.47. The van der Waals surface area contributed by atoms with Crippen LogP contribution in [-0.4, -0.2) is 39.7 Å². The number of nitro groups is 1. The number of nitrogens with one attached hydrogen (secondary N) is 1. The van der Waals surface area contributed by atoms with Gasteiger partial charge in [-0.05, 0) is 31.1 Å². The van der Waals surface area contributed by atoms with Crippen molar-refractivity contribution in [1.82, 2.24) is 14.9 Å². The molecule has 27 heavy (non-hydrogen) atoms. The summed E-state index contributed by atoms with van der Waals surface area (Å²) in [6.07, 6.45) is 4.92. The van der Waals surface area contributed by atoms with E-state index in [-0.39, 0.29) is 17.2 Å². The molecule has 2 aromatic rings. The summed E-state index contributed by atoms with van der Waals surface area (Å²) in [4.78, 5) is 11.0. The van der Waals surface area contributed by atoms with E-state index >= 15 is 0 Å². The number of nitro benzene ring substituents is 1. The Morgan fingerprint density at radius 1 is 1.41 bits per heavy atom. The molecule has 0 amide bonds. The van der Waals surface area contributed by atoms with Crippen LogP contribution in [0.1, 0.15) is 44.5 Å². The molecule has 146 valence electrons. The Labute approximate surface area is 162 Å². The van der Waals surface area contributed by atoms with Crippen LogP contribution in [0.25, 0.3) is 0 Å². The lowest BCUT2D eigenvalue weighted by molar-refractivity contribution is -0.386. The lowest BCUT2D eigenvalue weighted by atomic mass is 10.2. The fourth-order valence-electron chi connectivity index (χ4n) is 2.38. The predicted molar refractivity (Wildman–Crippen MR) is 104 cm³/mol. The van der Waals surface area contributed by atoms with Gasteiger partial charge in [-0.25, -0.2) is 0 Å². The molecule has 0 aliphatic carbocycles. The number of aryl methyl sites for hydroxylation is 1. The largest absolute Gasteiger partial charge is 0.493 e. The number of H-pyrrole nitrogens is 1. The summed E-state index contributed by atoms with van der Waals surface area (Å²) in [6, 6.07) is 3.03. The third-order valence-electron chi connectivity index (χ3n) is 3.72. The second-order valence-corrected chi connectivity index (χ2v) is 6.17. The van der Waals surface area contributed by atoms with Gasteiger partial charge >= 0.3 is 5.69 Å². The van der Waals surface area contributed by atoms with Crippen molar-refractivity contribution in [2.45, 2.75) is 39.5 Å². The number of unbranched alkanes of at least 4 members (excludes halogenated alkanes) is 1. The van der Waals surface area contributed by atoms with Gasteiger partial charge in [0.15, 0.2) is 11.6 Å². The fraction of sp³-hybridized carbons (Fsp3) is 0.471. The first-order chi connectivity index (χ1) is 13.0. The Balaban J connectivity index is 2.41. The van der Waals surface area contributed by atoms with Crippen molar-refractivity contribution < 1.29 is 14.4 Å². The van der Waals surface area contributed by atoms with Crippen molar-refractivity contribution in [1.29, 1.82) is 0 Å². The van der Waals surface area contributed by atoms with Crippen molar-refractivity contribution in [2.24, 2.45) is 5.10 Å². The highest BCUT2D eigenvalue weighted by Crippen LogP contribution is 2.38. The lowest BCUT2D eigenvalue weighted by Crippen LogP contribution is -2.03. The number of hydrogen-bond acceptors (Lipinski definition) is 7. The van der Waals surface area contributed by atoms with Gasteiger partial charge < -0.3 is 9.47 Å². The molecule has 0 bridgehead atoms. The van der Waals surface area contributed by atoms with E-state index in [4.69, 9.17) is 21.7 Å². The number of ether oxygens (including phenoxy) is 2. The van der Waals surface area contributed by atoms with Crippen LogP contribution in [0.4, 0.5) is 5.69 Å². The molecule has 10 heteroatoms. The molecule has 0 radical (unpaired) electrons. The van der Waals surface area contributed by atoms with Gasteiger partial charge in [0.05, 0.1) is 24.9 Å². The smallest absolute Gasteiger partial charge is 0.315 e. The van der Waals surface area contributed by atoms with Crippen LogP contribution in [0.5, 0.6) is 11.5 Å². The lowest BCUT2D eigenvalue weighted by Gasteiger charge is -2.11. The molecule has 0 aliphatic rings. The summed E-state index contributed by atoms with van der Waals surface area (Å²) in [5.74, 6) is 1.11. The van der Waals surface area contributed by atoms with Crippen molar-refractivity contribution >= 4 is 24.1 Å². The molecule has 1 aromatic carbocycles. The predicted octanol–water partition coefficient (Wildman–Crippen LogP) is 3.87. The summed E-state index contributed by atoms with van der Waals surface area (Å²) in [5.41, 5.74) is 0.318. The Morgan fingerprint density at radius 2 is 2.19 bits per heavy atom.